The number of piperidine rings is 1. The van der Waals surface area contributed by atoms with E-state index in [-0.39, 0.29) is 5.92 Å². The van der Waals surface area contributed by atoms with Gasteiger partial charge < -0.3 is 10.0 Å². The van der Waals surface area contributed by atoms with Crippen molar-refractivity contribution in [3.05, 3.63) is 17.6 Å². The highest BCUT2D eigenvalue weighted by atomic mass is 16.4. The molecule has 5 heteroatoms. The first-order chi connectivity index (χ1) is 9.10. The normalized spacial score (nSPS) is 19.5. The molecule has 0 bridgehead atoms. The van der Waals surface area contributed by atoms with E-state index in [1.165, 1.54) is 0 Å². The quantitative estimate of drug-likeness (QED) is 0.900. The van der Waals surface area contributed by atoms with E-state index < -0.39 is 5.97 Å². The fourth-order valence-electron chi connectivity index (χ4n) is 2.55. The lowest BCUT2D eigenvalue weighted by Gasteiger charge is -2.31. The van der Waals surface area contributed by atoms with Crippen molar-refractivity contribution >= 4 is 11.8 Å². The summed E-state index contributed by atoms with van der Waals surface area (Å²) in [4.78, 5) is 22.1. The summed E-state index contributed by atoms with van der Waals surface area (Å²) in [5.41, 5.74) is 1.04. The second-order valence-corrected chi connectivity index (χ2v) is 5.14. The Hall–Kier alpha value is -1.65. The van der Waals surface area contributed by atoms with Gasteiger partial charge in [-0.15, -0.1) is 0 Å². The Morgan fingerprint density at radius 2 is 2.32 bits per heavy atom. The molecule has 5 nitrogen and oxygen atoms in total. The average Bonchev–Trinajstić information content (AvgIpc) is 2.38. The zero-order chi connectivity index (χ0) is 13.8. The molecule has 0 amide bonds. The van der Waals surface area contributed by atoms with Crippen LogP contribution in [0, 0.1) is 12.8 Å². The van der Waals surface area contributed by atoms with Gasteiger partial charge in [-0.3, -0.25) is 4.79 Å². The third-order valence-electron chi connectivity index (χ3n) is 3.48. The van der Waals surface area contributed by atoms with Crippen molar-refractivity contribution in [3.63, 3.8) is 0 Å². The average molecular weight is 263 g/mol. The van der Waals surface area contributed by atoms with E-state index in [1.807, 2.05) is 13.0 Å². The minimum Gasteiger partial charge on any atom is -0.481 e. The van der Waals surface area contributed by atoms with Gasteiger partial charge in [-0.2, -0.15) is 0 Å². The molecule has 1 aliphatic heterocycles. The maximum Gasteiger partial charge on any atom is 0.308 e. The van der Waals surface area contributed by atoms with Crippen LogP contribution in [-0.2, 0) is 11.2 Å². The summed E-state index contributed by atoms with van der Waals surface area (Å²) >= 11 is 0. The third kappa shape index (κ3) is 3.43. The molecule has 1 unspecified atom stereocenters. The lowest BCUT2D eigenvalue weighted by atomic mass is 9.98. The second kappa shape index (κ2) is 5.99. The molecule has 0 saturated carbocycles. The molecule has 19 heavy (non-hydrogen) atoms. The molecule has 104 valence electrons. The number of carboxylic acid groups (broad SMARTS) is 1. The lowest BCUT2D eigenvalue weighted by molar-refractivity contribution is -0.141. The highest BCUT2D eigenvalue weighted by Crippen LogP contribution is 2.22. The monoisotopic (exact) mass is 263 g/mol. The van der Waals surface area contributed by atoms with Gasteiger partial charge in [0.2, 0.25) is 0 Å². The van der Waals surface area contributed by atoms with Gasteiger partial charge in [-0.05, 0) is 26.2 Å². The molecule has 2 heterocycles. The van der Waals surface area contributed by atoms with E-state index in [0.717, 1.165) is 49.6 Å². The van der Waals surface area contributed by atoms with Gasteiger partial charge in [0.05, 0.1) is 5.92 Å². The largest absolute Gasteiger partial charge is 0.481 e. The number of hydrogen-bond acceptors (Lipinski definition) is 4. The number of rotatable bonds is 4. The molecule has 1 aromatic heterocycles. The van der Waals surface area contributed by atoms with Crippen molar-refractivity contribution < 1.29 is 9.90 Å². The topological polar surface area (TPSA) is 66.3 Å². The Morgan fingerprint density at radius 1 is 1.53 bits per heavy atom. The molecular weight excluding hydrogens is 242 g/mol. The highest BCUT2D eigenvalue weighted by Gasteiger charge is 2.26. The number of hydrogen-bond donors (Lipinski definition) is 1. The van der Waals surface area contributed by atoms with E-state index in [9.17, 15) is 4.79 Å². The molecule has 0 spiro atoms. The summed E-state index contributed by atoms with van der Waals surface area (Å²) in [6.45, 7) is 5.45. The van der Waals surface area contributed by atoms with Crippen molar-refractivity contribution in [2.75, 3.05) is 18.0 Å². The van der Waals surface area contributed by atoms with E-state index in [2.05, 4.69) is 21.8 Å². The molecular formula is C14H21N3O2. The molecule has 1 atom stereocenters. The van der Waals surface area contributed by atoms with E-state index >= 15 is 0 Å². The van der Waals surface area contributed by atoms with Crippen LogP contribution in [0.15, 0.2) is 6.07 Å². The standard InChI is InChI=1S/C14H21N3O2/c1-3-5-12-8-13(16-10(2)15-12)17-7-4-6-11(9-17)14(18)19/h8,11H,3-7,9H2,1-2H3,(H,18,19). The van der Waals surface area contributed by atoms with Gasteiger partial charge in [0.1, 0.15) is 11.6 Å². The van der Waals surface area contributed by atoms with E-state index in [1.54, 1.807) is 0 Å². The number of carboxylic acids is 1. The van der Waals surface area contributed by atoms with Gasteiger partial charge in [0, 0.05) is 24.8 Å². The summed E-state index contributed by atoms with van der Waals surface area (Å²) in [5, 5.41) is 9.14. The van der Waals surface area contributed by atoms with Gasteiger partial charge in [0.15, 0.2) is 0 Å². The van der Waals surface area contributed by atoms with Crippen LogP contribution in [0.5, 0.6) is 0 Å². The zero-order valence-corrected chi connectivity index (χ0v) is 11.6. The van der Waals surface area contributed by atoms with Crippen LogP contribution in [0.25, 0.3) is 0 Å². The molecule has 0 radical (unpaired) electrons. The first-order valence-corrected chi connectivity index (χ1v) is 6.92. The van der Waals surface area contributed by atoms with Crippen molar-refractivity contribution in [1.82, 2.24) is 9.97 Å². The van der Waals surface area contributed by atoms with Crippen LogP contribution in [0.3, 0.4) is 0 Å². The molecule has 1 aliphatic rings. The predicted octanol–water partition coefficient (Wildman–Crippen LogP) is 2.04. The maximum absolute atomic E-state index is 11.1. The number of nitrogens with zero attached hydrogens (tertiary/aromatic N) is 3. The summed E-state index contributed by atoms with van der Waals surface area (Å²) in [5.74, 6) is 0.656. The fraction of sp³-hybridized carbons (Fsp3) is 0.643. The molecule has 1 saturated heterocycles. The number of aromatic nitrogens is 2. The van der Waals surface area contributed by atoms with Gasteiger partial charge in [0.25, 0.3) is 0 Å². The van der Waals surface area contributed by atoms with Crippen LogP contribution in [0.4, 0.5) is 5.82 Å². The van der Waals surface area contributed by atoms with Crippen LogP contribution in [0.1, 0.15) is 37.7 Å². The molecule has 1 fully saturated rings. The Balaban J connectivity index is 2.18. The van der Waals surface area contributed by atoms with Gasteiger partial charge in [-0.25, -0.2) is 9.97 Å². The summed E-state index contributed by atoms with van der Waals surface area (Å²) < 4.78 is 0. The van der Waals surface area contributed by atoms with Crippen LogP contribution in [-0.4, -0.2) is 34.1 Å². The van der Waals surface area contributed by atoms with Crippen molar-refractivity contribution in [1.29, 1.82) is 0 Å². The van der Waals surface area contributed by atoms with Gasteiger partial charge in [-0.1, -0.05) is 13.3 Å². The molecule has 0 aliphatic carbocycles. The first kappa shape index (κ1) is 13.8. The Bertz CT molecular complexity index is 462. The number of aryl methyl sites for hydroxylation is 2. The van der Waals surface area contributed by atoms with E-state index in [4.69, 9.17) is 5.11 Å². The number of aliphatic carboxylic acids is 1. The van der Waals surface area contributed by atoms with Crippen molar-refractivity contribution in [2.24, 2.45) is 5.92 Å². The fourth-order valence-corrected chi connectivity index (χ4v) is 2.55. The third-order valence-corrected chi connectivity index (χ3v) is 3.48. The Labute approximate surface area is 113 Å². The van der Waals surface area contributed by atoms with Crippen molar-refractivity contribution in [2.45, 2.75) is 39.5 Å². The zero-order valence-electron chi connectivity index (χ0n) is 11.6. The van der Waals surface area contributed by atoms with Crippen LogP contribution >= 0.6 is 0 Å². The second-order valence-electron chi connectivity index (χ2n) is 5.14. The van der Waals surface area contributed by atoms with Crippen molar-refractivity contribution in [3.8, 4) is 0 Å². The molecule has 0 aromatic carbocycles. The molecule has 1 aromatic rings. The SMILES string of the molecule is CCCc1cc(N2CCCC(C(=O)O)C2)nc(C)n1. The maximum atomic E-state index is 11.1. The van der Waals surface area contributed by atoms with E-state index in [0.29, 0.717) is 6.54 Å². The number of carbonyl (C=O) groups is 1. The summed E-state index contributed by atoms with van der Waals surface area (Å²) in [6.07, 6.45) is 3.65. The predicted molar refractivity (Wildman–Crippen MR) is 73.3 cm³/mol. The smallest absolute Gasteiger partial charge is 0.308 e. The Morgan fingerprint density at radius 3 is 3.00 bits per heavy atom. The minimum atomic E-state index is -0.704. The number of anilines is 1. The van der Waals surface area contributed by atoms with Crippen LogP contribution in [0.2, 0.25) is 0 Å². The van der Waals surface area contributed by atoms with Crippen LogP contribution < -0.4 is 4.90 Å². The lowest BCUT2D eigenvalue weighted by Crippen LogP contribution is -2.39. The summed E-state index contributed by atoms with van der Waals surface area (Å²) in [7, 11) is 0. The Kier molecular flexibility index (Phi) is 4.35. The van der Waals surface area contributed by atoms with Gasteiger partial charge >= 0.3 is 5.97 Å². The first-order valence-electron chi connectivity index (χ1n) is 6.92. The summed E-state index contributed by atoms with van der Waals surface area (Å²) in [6, 6.07) is 2.00. The minimum absolute atomic E-state index is 0.279. The molecule has 2 rings (SSSR count). The molecule has 1 N–H and O–H groups in total. The highest BCUT2D eigenvalue weighted by molar-refractivity contribution is 5.71.